The van der Waals surface area contributed by atoms with Gasteiger partial charge in [0.15, 0.2) is 17.8 Å². The Labute approximate surface area is 254 Å². The van der Waals surface area contributed by atoms with Gasteiger partial charge in [-0.15, -0.1) is 0 Å². The minimum atomic E-state index is -0.209. The number of nitrogens with one attached hydrogen (secondary N) is 2. The fraction of sp³-hybridized carbons (Fsp3) is 0.114. The van der Waals surface area contributed by atoms with Gasteiger partial charge in [0.25, 0.3) is 0 Å². The SMILES string of the molecule is CC(=O)Nc1cc(CCNCc2ccc(-n3c(-c4cccnc4N)nc4ccc(-c5ccccc5)nc43)cc2)ccc1C=O. The minimum Gasteiger partial charge on any atom is -0.383 e. The third-order valence-electron chi connectivity index (χ3n) is 7.32. The van der Waals surface area contributed by atoms with E-state index in [9.17, 15) is 9.59 Å². The van der Waals surface area contributed by atoms with Crippen molar-refractivity contribution < 1.29 is 9.59 Å². The zero-order valence-electron chi connectivity index (χ0n) is 24.2. The molecule has 9 heteroatoms. The van der Waals surface area contributed by atoms with Gasteiger partial charge in [-0.3, -0.25) is 14.2 Å². The van der Waals surface area contributed by atoms with Crippen LogP contribution in [0.3, 0.4) is 0 Å². The number of hydrogen-bond acceptors (Lipinski definition) is 7. The summed E-state index contributed by atoms with van der Waals surface area (Å²) < 4.78 is 2.03. The molecule has 0 unspecified atom stereocenters. The van der Waals surface area contributed by atoms with Crippen molar-refractivity contribution in [3.63, 3.8) is 0 Å². The van der Waals surface area contributed by atoms with Gasteiger partial charge in [0, 0.05) is 36.5 Å². The molecule has 0 aliphatic heterocycles. The molecular weight excluding hydrogens is 550 g/mol. The van der Waals surface area contributed by atoms with E-state index in [1.807, 2.05) is 71.3 Å². The summed E-state index contributed by atoms with van der Waals surface area (Å²) >= 11 is 0. The first-order chi connectivity index (χ1) is 21.5. The summed E-state index contributed by atoms with van der Waals surface area (Å²) in [6.07, 6.45) is 3.16. The molecule has 4 N–H and O–H groups in total. The summed E-state index contributed by atoms with van der Waals surface area (Å²) in [6.45, 7) is 2.83. The Morgan fingerprint density at radius 1 is 0.909 bits per heavy atom. The maximum Gasteiger partial charge on any atom is 0.221 e. The van der Waals surface area contributed by atoms with Gasteiger partial charge in [-0.2, -0.15) is 0 Å². The summed E-state index contributed by atoms with van der Waals surface area (Å²) in [6, 6.07) is 31.6. The highest BCUT2D eigenvalue weighted by molar-refractivity contribution is 5.95. The van der Waals surface area contributed by atoms with Gasteiger partial charge in [0.05, 0.1) is 16.9 Å². The molecule has 0 spiro atoms. The maximum atomic E-state index is 11.5. The van der Waals surface area contributed by atoms with Crippen LogP contribution in [0.25, 0.3) is 39.5 Å². The summed E-state index contributed by atoms with van der Waals surface area (Å²) in [5.41, 5.74) is 14.5. The molecule has 0 radical (unpaired) electrons. The second-order valence-corrected chi connectivity index (χ2v) is 10.4. The smallest absolute Gasteiger partial charge is 0.221 e. The fourth-order valence-corrected chi connectivity index (χ4v) is 5.15. The summed E-state index contributed by atoms with van der Waals surface area (Å²) in [5, 5.41) is 6.21. The number of nitrogen functional groups attached to an aromatic ring is 1. The maximum absolute atomic E-state index is 11.5. The standard InChI is InChI=1S/C35H31N7O2/c1-23(44)39-32-20-24(9-12-27(32)22-43)17-19-37-21-25-10-13-28(14-11-25)42-34(29-8-5-18-38-33(29)36)41-31-16-15-30(40-35(31)42)26-6-3-2-4-7-26/h2-16,18,20,22,37H,17,19,21H2,1H3,(H2,36,38)(H,39,44). The molecule has 6 rings (SSSR count). The van der Waals surface area contributed by atoms with Crippen LogP contribution in [0.15, 0.2) is 103 Å². The van der Waals surface area contributed by atoms with Gasteiger partial charge in [-0.1, -0.05) is 48.5 Å². The zero-order valence-corrected chi connectivity index (χ0v) is 24.2. The number of aromatic nitrogens is 4. The van der Waals surface area contributed by atoms with E-state index in [-0.39, 0.29) is 5.91 Å². The number of pyridine rings is 2. The molecule has 0 atom stereocenters. The molecule has 0 bridgehead atoms. The van der Waals surface area contributed by atoms with E-state index in [4.69, 9.17) is 15.7 Å². The summed E-state index contributed by atoms with van der Waals surface area (Å²) in [5.74, 6) is 0.866. The van der Waals surface area contributed by atoms with Crippen molar-refractivity contribution in [1.82, 2.24) is 24.8 Å². The lowest BCUT2D eigenvalue weighted by Gasteiger charge is -2.12. The predicted molar refractivity (Wildman–Crippen MR) is 173 cm³/mol. The van der Waals surface area contributed by atoms with Crippen molar-refractivity contribution in [3.05, 3.63) is 120 Å². The molecule has 0 fully saturated rings. The number of rotatable bonds is 10. The molecule has 3 aromatic carbocycles. The van der Waals surface area contributed by atoms with Gasteiger partial charge in [0.1, 0.15) is 11.3 Å². The number of benzene rings is 3. The first kappa shape index (κ1) is 28.4. The highest BCUT2D eigenvalue weighted by Crippen LogP contribution is 2.31. The third kappa shape index (κ3) is 6.08. The number of carbonyl (C=O) groups excluding carboxylic acids is 2. The number of imidazole rings is 1. The van der Waals surface area contributed by atoms with Crippen molar-refractivity contribution in [1.29, 1.82) is 0 Å². The predicted octanol–water partition coefficient (Wildman–Crippen LogP) is 5.83. The van der Waals surface area contributed by atoms with E-state index >= 15 is 0 Å². The van der Waals surface area contributed by atoms with Crippen molar-refractivity contribution in [2.75, 3.05) is 17.6 Å². The Kier molecular flexibility index (Phi) is 8.20. The number of nitrogens with two attached hydrogens (primary N) is 1. The van der Waals surface area contributed by atoms with E-state index < -0.39 is 0 Å². The largest absolute Gasteiger partial charge is 0.383 e. The van der Waals surface area contributed by atoms with Crippen LogP contribution in [-0.2, 0) is 17.8 Å². The first-order valence-corrected chi connectivity index (χ1v) is 14.3. The quantitative estimate of drug-likeness (QED) is 0.137. The van der Waals surface area contributed by atoms with Crippen LogP contribution in [0.1, 0.15) is 28.4 Å². The van der Waals surface area contributed by atoms with Gasteiger partial charge in [0.2, 0.25) is 5.91 Å². The van der Waals surface area contributed by atoms with Gasteiger partial charge in [-0.25, -0.2) is 15.0 Å². The topological polar surface area (TPSA) is 128 Å². The number of hydrogen-bond donors (Lipinski definition) is 3. The molecule has 218 valence electrons. The van der Waals surface area contributed by atoms with Gasteiger partial charge < -0.3 is 16.4 Å². The Morgan fingerprint density at radius 2 is 1.70 bits per heavy atom. The van der Waals surface area contributed by atoms with Crippen LogP contribution in [-0.4, -0.2) is 38.3 Å². The zero-order chi connectivity index (χ0) is 30.5. The number of fused-ring (bicyclic) bond motifs is 1. The molecular formula is C35H31N7O2. The lowest BCUT2D eigenvalue weighted by molar-refractivity contribution is -0.114. The number of amides is 1. The second kappa shape index (κ2) is 12.7. The number of nitrogens with zero attached hydrogens (tertiary/aromatic N) is 4. The minimum absolute atomic E-state index is 0.209. The lowest BCUT2D eigenvalue weighted by atomic mass is 10.1. The van der Waals surface area contributed by atoms with E-state index in [2.05, 4.69) is 39.9 Å². The highest BCUT2D eigenvalue weighted by Gasteiger charge is 2.18. The van der Waals surface area contributed by atoms with E-state index in [1.165, 1.54) is 6.92 Å². The van der Waals surface area contributed by atoms with Crippen LogP contribution in [0.4, 0.5) is 11.5 Å². The Morgan fingerprint density at radius 3 is 2.45 bits per heavy atom. The van der Waals surface area contributed by atoms with Crippen LogP contribution >= 0.6 is 0 Å². The fourth-order valence-electron chi connectivity index (χ4n) is 5.15. The lowest BCUT2D eigenvalue weighted by Crippen LogP contribution is -2.17. The normalized spacial score (nSPS) is 11.0. The Bertz CT molecular complexity index is 1950. The van der Waals surface area contributed by atoms with Crippen molar-refractivity contribution in [2.24, 2.45) is 0 Å². The average molecular weight is 582 g/mol. The second-order valence-electron chi connectivity index (χ2n) is 10.4. The molecule has 6 aromatic rings. The molecule has 44 heavy (non-hydrogen) atoms. The monoisotopic (exact) mass is 581 g/mol. The van der Waals surface area contributed by atoms with Gasteiger partial charge >= 0.3 is 0 Å². The first-order valence-electron chi connectivity index (χ1n) is 14.3. The van der Waals surface area contributed by atoms with Crippen LogP contribution in [0.5, 0.6) is 0 Å². The van der Waals surface area contributed by atoms with Crippen molar-refractivity contribution in [3.8, 4) is 28.3 Å². The summed E-state index contributed by atoms with van der Waals surface area (Å²) in [4.78, 5) is 37.0. The van der Waals surface area contributed by atoms with E-state index in [0.717, 1.165) is 64.1 Å². The van der Waals surface area contributed by atoms with Crippen LogP contribution < -0.4 is 16.4 Å². The number of carbonyl (C=O) groups is 2. The molecule has 1 amide bonds. The van der Waals surface area contributed by atoms with Crippen molar-refractivity contribution >= 4 is 34.9 Å². The van der Waals surface area contributed by atoms with E-state index in [1.54, 1.807) is 12.3 Å². The molecule has 0 saturated heterocycles. The highest BCUT2D eigenvalue weighted by atomic mass is 16.1. The molecule has 9 nitrogen and oxygen atoms in total. The van der Waals surface area contributed by atoms with Crippen molar-refractivity contribution in [2.45, 2.75) is 19.9 Å². The molecule has 0 aliphatic carbocycles. The number of anilines is 2. The molecule has 0 saturated carbocycles. The molecule has 3 aromatic heterocycles. The van der Waals surface area contributed by atoms with Crippen LogP contribution in [0, 0.1) is 0 Å². The molecule has 0 aliphatic rings. The summed E-state index contributed by atoms with van der Waals surface area (Å²) in [7, 11) is 0. The Balaban J connectivity index is 1.23. The third-order valence-corrected chi connectivity index (χ3v) is 7.32. The average Bonchev–Trinajstić information content (AvgIpc) is 3.42. The number of aldehydes is 1. The Hall–Kier alpha value is -5.67. The van der Waals surface area contributed by atoms with Gasteiger partial charge in [-0.05, 0) is 72.6 Å². The van der Waals surface area contributed by atoms with E-state index in [0.29, 0.717) is 29.4 Å². The molecule has 3 heterocycles. The van der Waals surface area contributed by atoms with Crippen LogP contribution in [0.2, 0.25) is 0 Å².